The zero-order valence-electron chi connectivity index (χ0n) is 16.3. The van der Waals surface area contributed by atoms with Gasteiger partial charge in [0.1, 0.15) is 5.82 Å². The van der Waals surface area contributed by atoms with Gasteiger partial charge in [0.05, 0.1) is 12.8 Å². The largest absolute Gasteiger partial charge is 0.481 e. The highest BCUT2D eigenvalue weighted by atomic mass is 19.1. The number of halogens is 1. The molecule has 3 aromatic rings. The molecule has 1 atom stereocenters. The van der Waals surface area contributed by atoms with Crippen LogP contribution in [0.5, 0.6) is 0 Å². The summed E-state index contributed by atoms with van der Waals surface area (Å²) in [7, 11) is 1.81. The van der Waals surface area contributed by atoms with E-state index in [-0.39, 0.29) is 30.6 Å². The highest BCUT2D eigenvalue weighted by molar-refractivity contribution is 5.79. The van der Waals surface area contributed by atoms with Crippen LogP contribution < -0.4 is 0 Å². The van der Waals surface area contributed by atoms with Gasteiger partial charge in [0.2, 0.25) is 5.91 Å². The number of amides is 1. The Balaban J connectivity index is 1.57. The Kier molecular flexibility index (Phi) is 5.09. The summed E-state index contributed by atoms with van der Waals surface area (Å²) in [6.07, 6.45) is 4.43. The highest BCUT2D eigenvalue weighted by Crippen LogP contribution is 2.32. The number of carboxylic acid groups (broad SMARTS) is 1. The second-order valence-corrected chi connectivity index (χ2v) is 7.63. The molecule has 1 aliphatic carbocycles. The number of carbonyl (C=O) groups is 2. The van der Waals surface area contributed by atoms with Crippen LogP contribution >= 0.6 is 0 Å². The number of carboxylic acids is 1. The Morgan fingerprint density at radius 2 is 1.93 bits per heavy atom. The topological polar surface area (TPSA) is 62.0 Å². The third-order valence-corrected chi connectivity index (χ3v) is 5.87. The molecule has 29 heavy (non-hydrogen) atoms. The predicted molar refractivity (Wildman–Crippen MR) is 107 cm³/mol. The van der Waals surface area contributed by atoms with Gasteiger partial charge in [0, 0.05) is 36.9 Å². The van der Waals surface area contributed by atoms with Crippen molar-refractivity contribution in [3.63, 3.8) is 0 Å². The second-order valence-electron chi connectivity index (χ2n) is 7.63. The molecule has 0 unspecified atom stereocenters. The normalized spacial score (nSPS) is 15.9. The summed E-state index contributed by atoms with van der Waals surface area (Å²) in [5, 5.41) is 9.33. The smallest absolute Gasteiger partial charge is 0.307 e. The van der Waals surface area contributed by atoms with E-state index in [1.807, 2.05) is 31.4 Å². The minimum Gasteiger partial charge on any atom is -0.481 e. The molecule has 0 fully saturated rings. The van der Waals surface area contributed by atoms with E-state index in [1.165, 1.54) is 12.1 Å². The standard InChI is InChI=1S/C23H23FN2O3/c1-25(22(27)12-15-5-7-16(24)8-6-15)17-9-10-18-19(14-23(28)29)20-4-2-3-11-26(20)21(18)13-17/h2-8,11,17H,9-10,12-14H2,1H3,(H,28,29)/t17-/m1/s1. The van der Waals surface area contributed by atoms with Gasteiger partial charge in [0.15, 0.2) is 0 Å². The zero-order valence-corrected chi connectivity index (χ0v) is 16.3. The van der Waals surface area contributed by atoms with Gasteiger partial charge in [-0.15, -0.1) is 0 Å². The average molecular weight is 394 g/mol. The second kappa shape index (κ2) is 7.70. The first kappa shape index (κ1) is 19.2. The summed E-state index contributed by atoms with van der Waals surface area (Å²) >= 11 is 0. The number of fused-ring (bicyclic) bond motifs is 3. The summed E-state index contributed by atoms with van der Waals surface area (Å²) in [5.74, 6) is -1.15. The van der Waals surface area contributed by atoms with Crippen molar-refractivity contribution in [3.05, 3.63) is 76.9 Å². The summed E-state index contributed by atoms with van der Waals surface area (Å²) < 4.78 is 15.2. The molecule has 2 aromatic heterocycles. The number of aliphatic carboxylic acids is 1. The number of nitrogens with zero attached hydrogens (tertiary/aromatic N) is 2. The van der Waals surface area contributed by atoms with Gasteiger partial charge in [-0.05, 0) is 53.8 Å². The van der Waals surface area contributed by atoms with Gasteiger partial charge in [-0.1, -0.05) is 18.2 Å². The van der Waals surface area contributed by atoms with Crippen molar-refractivity contribution in [2.45, 2.75) is 38.1 Å². The molecular weight excluding hydrogens is 371 g/mol. The summed E-state index contributed by atoms with van der Waals surface area (Å²) in [6.45, 7) is 0. The fourth-order valence-electron chi connectivity index (χ4n) is 4.34. The van der Waals surface area contributed by atoms with Crippen molar-refractivity contribution >= 4 is 17.4 Å². The van der Waals surface area contributed by atoms with Gasteiger partial charge >= 0.3 is 5.97 Å². The summed E-state index contributed by atoms with van der Waals surface area (Å²) in [5.41, 5.74) is 4.80. The van der Waals surface area contributed by atoms with Crippen LogP contribution in [0.4, 0.5) is 4.39 Å². The highest BCUT2D eigenvalue weighted by Gasteiger charge is 2.30. The minimum atomic E-state index is -0.835. The number of pyridine rings is 1. The van der Waals surface area contributed by atoms with Crippen LogP contribution in [0.2, 0.25) is 0 Å². The van der Waals surface area contributed by atoms with Crippen LogP contribution in [-0.4, -0.2) is 39.4 Å². The van der Waals surface area contributed by atoms with Crippen molar-refractivity contribution in [2.75, 3.05) is 7.05 Å². The van der Waals surface area contributed by atoms with Crippen molar-refractivity contribution in [2.24, 2.45) is 0 Å². The van der Waals surface area contributed by atoms with Crippen molar-refractivity contribution < 1.29 is 19.1 Å². The Morgan fingerprint density at radius 1 is 1.17 bits per heavy atom. The first-order chi connectivity index (χ1) is 13.9. The molecule has 1 aliphatic rings. The Hall–Kier alpha value is -3.15. The number of benzene rings is 1. The predicted octanol–water partition coefficient (Wildman–Crippen LogP) is 3.26. The Labute approximate surface area is 168 Å². The van der Waals surface area contributed by atoms with Crippen LogP contribution in [-0.2, 0) is 35.3 Å². The molecule has 0 bridgehead atoms. The number of carbonyl (C=O) groups excluding carboxylic acids is 1. The third kappa shape index (κ3) is 3.75. The maximum Gasteiger partial charge on any atom is 0.307 e. The minimum absolute atomic E-state index is 0.00307. The van der Waals surface area contributed by atoms with Crippen LogP contribution in [0.3, 0.4) is 0 Å². The lowest BCUT2D eigenvalue weighted by Gasteiger charge is -2.32. The van der Waals surface area contributed by atoms with E-state index in [0.29, 0.717) is 6.42 Å². The third-order valence-electron chi connectivity index (χ3n) is 5.87. The van der Waals surface area contributed by atoms with Crippen molar-refractivity contribution in [1.29, 1.82) is 0 Å². The monoisotopic (exact) mass is 394 g/mol. The zero-order chi connectivity index (χ0) is 20.5. The Bertz CT molecular complexity index is 1070. The molecule has 1 amide bonds. The SMILES string of the molecule is CN(C(=O)Cc1ccc(F)cc1)[C@@H]1CCc2c(CC(=O)O)c3ccccn3c2C1. The molecule has 150 valence electrons. The van der Waals surface area contributed by atoms with E-state index >= 15 is 0 Å². The molecule has 0 radical (unpaired) electrons. The van der Waals surface area contributed by atoms with Crippen molar-refractivity contribution in [3.8, 4) is 0 Å². The molecule has 5 nitrogen and oxygen atoms in total. The summed E-state index contributed by atoms with van der Waals surface area (Å²) in [4.78, 5) is 25.9. The van der Waals surface area contributed by atoms with E-state index in [1.54, 1.807) is 17.0 Å². The molecule has 1 aromatic carbocycles. The average Bonchev–Trinajstić information content (AvgIpc) is 3.02. The summed E-state index contributed by atoms with van der Waals surface area (Å²) in [6, 6.07) is 11.9. The first-order valence-electron chi connectivity index (χ1n) is 9.75. The van der Waals surface area contributed by atoms with Gasteiger partial charge < -0.3 is 14.4 Å². The number of aromatic nitrogens is 1. The maximum absolute atomic E-state index is 13.1. The van der Waals surface area contributed by atoms with Crippen LogP contribution in [0.15, 0.2) is 48.7 Å². The van der Waals surface area contributed by atoms with Crippen molar-refractivity contribution in [1.82, 2.24) is 9.30 Å². The van der Waals surface area contributed by atoms with E-state index < -0.39 is 5.97 Å². The molecule has 0 spiro atoms. The molecule has 1 N–H and O–H groups in total. The van der Waals surface area contributed by atoms with E-state index in [0.717, 1.165) is 40.7 Å². The van der Waals surface area contributed by atoms with Crippen LogP contribution in [0.1, 0.15) is 28.8 Å². The molecule has 4 rings (SSSR count). The Morgan fingerprint density at radius 3 is 2.66 bits per heavy atom. The van der Waals surface area contributed by atoms with E-state index in [9.17, 15) is 19.1 Å². The lowest BCUT2D eigenvalue weighted by Crippen LogP contribution is -2.41. The van der Waals surface area contributed by atoms with E-state index in [4.69, 9.17) is 0 Å². The molecule has 0 saturated carbocycles. The molecule has 2 heterocycles. The van der Waals surface area contributed by atoms with Crippen LogP contribution in [0, 0.1) is 5.82 Å². The fourth-order valence-corrected chi connectivity index (χ4v) is 4.34. The van der Waals surface area contributed by atoms with Gasteiger partial charge in [-0.2, -0.15) is 0 Å². The van der Waals surface area contributed by atoms with Crippen LogP contribution in [0.25, 0.3) is 5.52 Å². The lowest BCUT2D eigenvalue weighted by molar-refractivity contribution is -0.136. The van der Waals surface area contributed by atoms with Gasteiger partial charge in [-0.3, -0.25) is 9.59 Å². The maximum atomic E-state index is 13.1. The molecule has 0 saturated heterocycles. The number of likely N-dealkylation sites (N-methyl/N-ethyl adjacent to an activating group) is 1. The number of hydrogen-bond donors (Lipinski definition) is 1. The quantitative estimate of drug-likeness (QED) is 0.723. The molecular formula is C23H23FN2O3. The number of rotatable bonds is 5. The lowest BCUT2D eigenvalue weighted by atomic mass is 9.89. The van der Waals surface area contributed by atoms with E-state index in [2.05, 4.69) is 4.40 Å². The first-order valence-corrected chi connectivity index (χ1v) is 9.75. The molecule has 6 heteroatoms. The molecule has 0 aliphatic heterocycles. The fraction of sp³-hybridized carbons (Fsp3) is 0.304. The van der Waals surface area contributed by atoms with Gasteiger partial charge in [0.25, 0.3) is 0 Å². The van der Waals surface area contributed by atoms with Gasteiger partial charge in [-0.25, -0.2) is 4.39 Å². The number of hydrogen-bond acceptors (Lipinski definition) is 2.